The van der Waals surface area contributed by atoms with Gasteiger partial charge in [0.2, 0.25) is 0 Å². The molecule has 0 saturated heterocycles. The van der Waals surface area contributed by atoms with Crippen LogP contribution in [-0.2, 0) is 0 Å². The van der Waals surface area contributed by atoms with E-state index in [2.05, 4.69) is 40.9 Å². The lowest BCUT2D eigenvalue weighted by Gasteiger charge is -2.16. The smallest absolute Gasteiger partial charge is 0.191 e. The van der Waals surface area contributed by atoms with Crippen LogP contribution in [0, 0.1) is 0 Å². The van der Waals surface area contributed by atoms with E-state index in [0.717, 1.165) is 35.7 Å². The van der Waals surface area contributed by atoms with E-state index >= 15 is 0 Å². The molecule has 1 unspecified atom stereocenters. The number of nitrogens with zero attached hydrogens (tertiary/aromatic N) is 1. The van der Waals surface area contributed by atoms with Crippen LogP contribution in [0.3, 0.4) is 0 Å². The summed E-state index contributed by atoms with van der Waals surface area (Å²) in [5.74, 6) is 2.95. The first-order valence-electron chi connectivity index (χ1n) is 7.69. The molecule has 0 amide bonds. The first-order valence-corrected chi connectivity index (χ1v) is 9.08. The summed E-state index contributed by atoms with van der Waals surface area (Å²) < 4.78 is 5.88. The third-order valence-electron chi connectivity index (χ3n) is 3.52. The van der Waals surface area contributed by atoms with Crippen LogP contribution in [0.4, 0.5) is 0 Å². The van der Waals surface area contributed by atoms with Gasteiger partial charge in [0.15, 0.2) is 5.96 Å². The molecule has 4 nitrogen and oxygen atoms in total. The Morgan fingerprint density at radius 2 is 2.14 bits per heavy atom. The summed E-state index contributed by atoms with van der Waals surface area (Å²) in [7, 11) is 1.79. The van der Waals surface area contributed by atoms with Crippen molar-refractivity contribution < 1.29 is 4.42 Å². The van der Waals surface area contributed by atoms with Crippen molar-refractivity contribution in [2.75, 3.05) is 25.6 Å². The first-order chi connectivity index (χ1) is 10.7. The summed E-state index contributed by atoms with van der Waals surface area (Å²) in [5.41, 5.74) is 0.922. The van der Waals surface area contributed by atoms with E-state index in [1.807, 2.05) is 30.0 Å². The third-order valence-corrected chi connectivity index (χ3v) is 4.21. The minimum atomic E-state index is 0.0739. The van der Waals surface area contributed by atoms with E-state index in [-0.39, 0.29) is 6.04 Å². The van der Waals surface area contributed by atoms with Crippen LogP contribution < -0.4 is 10.6 Å². The summed E-state index contributed by atoms with van der Waals surface area (Å²) in [4.78, 5) is 4.27. The maximum atomic E-state index is 5.88. The Kier molecular flexibility index (Phi) is 6.65. The zero-order valence-corrected chi connectivity index (χ0v) is 14.4. The molecule has 2 N–H and O–H groups in total. The van der Waals surface area contributed by atoms with Gasteiger partial charge in [-0.05, 0) is 43.9 Å². The standard InChI is InChI=1S/C17H25N3OS/c1-13(16-12-14-8-4-5-9-15(14)21-16)20-17(18-2)19-10-6-7-11-22-3/h4-5,8-9,12-13H,6-7,10-11H2,1-3H3,(H2,18,19,20). The second kappa shape index (κ2) is 8.73. The highest BCUT2D eigenvalue weighted by Gasteiger charge is 2.12. The van der Waals surface area contributed by atoms with Crippen molar-refractivity contribution >= 4 is 28.7 Å². The average molecular weight is 319 g/mol. The van der Waals surface area contributed by atoms with Gasteiger partial charge in [0.05, 0.1) is 6.04 Å². The van der Waals surface area contributed by atoms with Crippen LogP contribution in [0.15, 0.2) is 39.7 Å². The maximum absolute atomic E-state index is 5.88. The molecule has 1 atom stereocenters. The van der Waals surface area contributed by atoms with E-state index in [9.17, 15) is 0 Å². The van der Waals surface area contributed by atoms with Crippen LogP contribution >= 0.6 is 11.8 Å². The van der Waals surface area contributed by atoms with Crippen molar-refractivity contribution in [3.05, 3.63) is 36.1 Å². The molecular formula is C17H25N3OS. The van der Waals surface area contributed by atoms with Gasteiger partial charge in [-0.15, -0.1) is 0 Å². The average Bonchev–Trinajstić information content (AvgIpc) is 2.97. The molecule has 120 valence electrons. The topological polar surface area (TPSA) is 49.6 Å². The van der Waals surface area contributed by atoms with Crippen LogP contribution in [0.1, 0.15) is 31.6 Å². The number of unbranched alkanes of at least 4 members (excludes halogenated alkanes) is 1. The van der Waals surface area contributed by atoms with E-state index in [1.165, 1.54) is 12.2 Å². The molecule has 0 aliphatic heterocycles. The molecule has 5 heteroatoms. The Bertz CT molecular complexity index is 576. The second-order valence-corrected chi connectivity index (χ2v) is 6.24. The Morgan fingerprint density at radius 1 is 1.32 bits per heavy atom. The molecule has 0 bridgehead atoms. The Balaban J connectivity index is 1.87. The van der Waals surface area contributed by atoms with E-state index < -0.39 is 0 Å². The predicted molar refractivity (Wildman–Crippen MR) is 96.7 cm³/mol. The van der Waals surface area contributed by atoms with Crippen LogP contribution in [0.25, 0.3) is 11.0 Å². The molecule has 0 spiro atoms. The van der Waals surface area contributed by atoms with Gasteiger partial charge < -0.3 is 15.1 Å². The fourth-order valence-electron chi connectivity index (χ4n) is 2.26. The quantitative estimate of drug-likeness (QED) is 0.463. The molecule has 1 heterocycles. The number of furan rings is 1. The van der Waals surface area contributed by atoms with Gasteiger partial charge in [0.25, 0.3) is 0 Å². The molecular weight excluding hydrogens is 294 g/mol. The highest BCUT2D eigenvalue weighted by atomic mass is 32.2. The Morgan fingerprint density at radius 3 is 2.86 bits per heavy atom. The zero-order chi connectivity index (χ0) is 15.8. The lowest BCUT2D eigenvalue weighted by Crippen LogP contribution is -2.39. The second-order valence-electron chi connectivity index (χ2n) is 5.25. The van der Waals surface area contributed by atoms with Gasteiger partial charge >= 0.3 is 0 Å². The molecule has 0 fully saturated rings. The molecule has 1 aromatic heterocycles. The number of para-hydroxylation sites is 1. The fraction of sp³-hybridized carbons (Fsp3) is 0.471. The van der Waals surface area contributed by atoms with Crippen molar-refractivity contribution in [2.24, 2.45) is 4.99 Å². The fourth-order valence-corrected chi connectivity index (χ4v) is 2.76. The normalized spacial score (nSPS) is 13.3. The lowest BCUT2D eigenvalue weighted by molar-refractivity contribution is 0.488. The highest BCUT2D eigenvalue weighted by Crippen LogP contribution is 2.23. The number of hydrogen-bond acceptors (Lipinski definition) is 3. The largest absolute Gasteiger partial charge is 0.459 e. The monoisotopic (exact) mass is 319 g/mol. The number of aliphatic imine (C=N–C) groups is 1. The van der Waals surface area contributed by atoms with Gasteiger partial charge in [0.1, 0.15) is 11.3 Å². The van der Waals surface area contributed by atoms with Gasteiger partial charge in [-0.25, -0.2) is 0 Å². The molecule has 0 aliphatic carbocycles. The highest BCUT2D eigenvalue weighted by molar-refractivity contribution is 7.98. The van der Waals surface area contributed by atoms with Crippen LogP contribution in [0.5, 0.6) is 0 Å². The van der Waals surface area contributed by atoms with Gasteiger partial charge in [-0.2, -0.15) is 11.8 Å². The number of benzene rings is 1. The summed E-state index contributed by atoms with van der Waals surface area (Å²) in [6, 6.07) is 10.2. The third kappa shape index (κ3) is 4.70. The zero-order valence-electron chi connectivity index (χ0n) is 13.6. The Hall–Kier alpha value is -1.62. The van der Waals surface area contributed by atoms with Crippen molar-refractivity contribution in [2.45, 2.75) is 25.8 Å². The molecule has 2 aromatic rings. The molecule has 0 aliphatic rings. The lowest BCUT2D eigenvalue weighted by atomic mass is 10.2. The number of nitrogens with one attached hydrogen (secondary N) is 2. The maximum Gasteiger partial charge on any atom is 0.191 e. The van der Waals surface area contributed by atoms with Crippen molar-refractivity contribution in [3.63, 3.8) is 0 Å². The summed E-state index contributed by atoms with van der Waals surface area (Å²) in [6.07, 6.45) is 4.52. The van der Waals surface area contributed by atoms with E-state index in [4.69, 9.17) is 4.42 Å². The minimum Gasteiger partial charge on any atom is -0.459 e. The number of guanidine groups is 1. The molecule has 1 aromatic carbocycles. The van der Waals surface area contributed by atoms with Gasteiger partial charge in [-0.1, -0.05) is 18.2 Å². The van der Waals surface area contributed by atoms with Crippen LogP contribution in [0.2, 0.25) is 0 Å². The van der Waals surface area contributed by atoms with Crippen molar-refractivity contribution in [3.8, 4) is 0 Å². The Labute approximate surface area is 136 Å². The molecule has 22 heavy (non-hydrogen) atoms. The number of fused-ring (bicyclic) bond motifs is 1. The summed E-state index contributed by atoms with van der Waals surface area (Å²) >= 11 is 1.89. The summed E-state index contributed by atoms with van der Waals surface area (Å²) in [6.45, 7) is 3.02. The number of hydrogen-bond donors (Lipinski definition) is 2. The van der Waals surface area contributed by atoms with Gasteiger partial charge in [0, 0.05) is 19.0 Å². The van der Waals surface area contributed by atoms with Crippen LogP contribution in [-0.4, -0.2) is 31.6 Å². The predicted octanol–water partition coefficient (Wildman–Crippen LogP) is 3.80. The van der Waals surface area contributed by atoms with Gasteiger partial charge in [-0.3, -0.25) is 4.99 Å². The SMILES string of the molecule is CN=C(NCCCCSC)NC(C)c1cc2ccccc2o1. The minimum absolute atomic E-state index is 0.0739. The van der Waals surface area contributed by atoms with Crippen molar-refractivity contribution in [1.29, 1.82) is 0 Å². The van der Waals surface area contributed by atoms with E-state index in [0.29, 0.717) is 0 Å². The van der Waals surface area contributed by atoms with E-state index in [1.54, 1.807) is 7.05 Å². The molecule has 0 radical (unpaired) electrons. The van der Waals surface area contributed by atoms with Crippen molar-refractivity contribution in [1.82, 2.24) is 10.6 Å². The number of thioether (sulfide) groups is 1. The molecule has 0 saturated carbocycles. The summed E-state index contributed by atoms with van der Waals surface area (Å²) in [5, 5.41) is 7.86. The number of rotatable bonds is 7. The molecule has 2 rings (SSSR count). The first kappa shape index (κ1) is 16.7.